The summed E-state index contributed by atoms with van der Waals surface area (Å²) in [6.45, 7) is 0.744. The van der Waals surface area contributed by atoms with E-state index in [2.05, 4.69) is 18.2 Å². The van der Waals surface area contributed by atoms with E-state index in [0.717, 1.165) is 25.0 Å². The number of nitrogens with two attached hydrogens (primary N) is 1. The Kier molecular flexibility index (Phi) is 4.32. The van der Waals surface area contributed by atoms with Gasteiger partial charge in [-0.1, -0.05) is 36.4 Å². The minimum atomic E-state index is -0.209. The number of halogens is 1. The Morgan fingerprint density at radius 3 is 2.90 bits per heavy atom. The summed E-state index contributed by atoms with van der Waals surface area (Å²) in [5, 5.41) is 0. The first-order chi connectivity index (χ1) is 10.2. The third-order valence-corrected chi connectivity index (χ3v) is 4.00. The van der Waals surface area contributed by atoms with E-state index in [1.165, 1.54) is 17.2 Å². The van der Waals surface area contributed by atoms with E-state index < -0.39 is 0 Å². The molecule has 0 saturated heterocycles. The summed E-state index contributed by atoms with van der Waals surface area (Å²) in [5.74, 6) is -0.209. The molecule has 3 heteroatoms. The van der Waals surface area contributed by atoms with Crippen LogP contribution < -0.4 is 5.73 Å². The third kappa shape index (κ3) is 3.49. The molecule has 110 valence electrons. The van der Waals surface area contributed by atoms with Crippen molar-refractivity contribution in [1.82, 2.24) is 0 Å². The van der Waals surface area contributed by atoms with Gasteiger partial charge >= 0.3 is 0 Å². The maximum Gasteiger partial charge on any atom is 0.123 e. The minimum absolute atomic E-state index is 0.0389. The summed E-state index contributed by atoms with van der Waals surface area (Å²) in [4.78, 5) is 0. The summed E-state index contributed by atoms with van der Waals surface area (Å²) < 4.78 is 19.1. The Morgan fingerprint density at radius 2 is 2.05 bits per heavy atom. The first kappa shape index (κ1) is 14.2. The van der Waals surface area contributed by atoms with E-state index in [0.29, 0.717) is 6.42 Å². The zero-order valence-electron chi connectivity index (χ0n) is 12.0. The molecule has 0 saturated carbocycles. The van der Waals surface area contributed by atoms with Crippen LogP contribution in [0.15, 0.2) is 48.5 Å². The van der Waals surface area contributed by atoms with Crippen molar-refractivity contribution in [1.29, 1.82) is 0 Å². The molecule has 0 spiro atoms. The highest BCUT2D eigenvalue weighted by Gasteiger charge is 2.22. The van der Waals surface area contributed by atoms with E-state index in [1.807, 2.05) is 12.1 Å². The summed E-state index contributed by atoms with van der Waals surface area (Å²) >= 11 is 0. The molecule has 0 amide bonds. The average Bonchev–Trinajstić information content (AvgIpc) is 2.47. The van der Waals surface area contributed by atoms with E-state index >= 15 is 0 Å². The molecule has 0 aliphatic carbocycles. The van der Waals surface area contributed by atoms with Crippen LogP contribution in [-0.2, 0) is 17.6 Å². The Labute approximate surface area is 124 Å². The molecule has 0 fully saturated rings. The van der Waals surface area contributed by atoms with Crippen LogP contribution in [0.5, 0.6) is 0 Å². The highest BCUT2D eigenvalue weighted by molar-refractivity contribution is 5.31. The smallest absolute Gasteiger partial charge is 0.123 e. The Morgan fingerprint density at radius 1 is 1.19 bits per heavy atom. The molecule has 2 aromatic rings. The van der Waals surface area contributed by atoms with Crippen LogP contribution in [0.1, 0.15) is 29.2 Å². The number of ether oxygens (including phenoxy) is 1. The van der Waals surface area contributed by atoms with E-state index in [9.17, 15) is 4.39 Å². The monoisotopic (exact) mass is 285 g/mol. The van der Waals surface area contributed by atoms with E-state index in [-0.39, 0.29) is 18.0 Å². The van der Waals surface area contributed by atoms with Crippen LogP contribution >= 0.6 is 0 Å². The molecule has 0 radical (unpaired) electrons. The molecular formula is C18H20FNO. The lowest BCUT2D eigenvalue weighted by molar-refractivity contribution is 0.0321. The molecule has 1 heterocycles. The summed E-state index contributed by atoms with van der Waals surface area (Å²) in [5.41, 5.74) is 9.78. The SMILES string of the molecule is NC(Cc1cccc(F)c1)CC1OCCc2ccccc21. The van der Waals surface area contributed by atoms with Gasteiger partial charge in [0.1, 0.15) is 5.82 Å². The van der Waals surface area contributed by atoms with Gasteiger partial charge in [0.2, 0.25) is 0 Å². The van der Waals surface area contributed by atoms with E-state index in [4.69, 9.17) is 10.5 Å². The number of rotatable bonds is 4. The lowest BCUT2D eigenvalue weighted by Gasteiger charge is -2.28. The van der Waals surface area contributed by atoms with Gasteiger partial charge in [-0.25, -0.2) is 4.39 Å². The lowest BCUT2D eigenvalue weighted by atomic mass is 9.92. The summed E-state index contributed by atoms with van der Waals surface area (Å²) in [6.07, 6.45) is 2.44. The van der Waals surface area contributed by atoms with Crippen molar-refractivity contribution in [2.75, 3.05) is 6.61 Å². The predicted molar refractivity (Wildman–Crippen MR) is 81.5 cm³/mol. The second-order valence-corrected chi connectivity index (χ2v) is 5.64. The molecule has 1 aliphatic rings. The molecule has 1 aliphatic heterocycles. The van der Waals surface area contributed by atoms with Gasteiger partial charge in [-0.05, 0) is 48.1 Å². The molecule has 0 aromatic heterocycles. The fourth-order valence-electron chi connectivity index (χ4n) is 3.00. The molecule has 2 nitrogen and oxygen atoms in total. The Hall–Kier alpha value is -1.71. The van der Waals surface area contributed by atoms with Crippen molar-refractivity contribution >= 4 is 0 Å². The quantitative estimate of drug-likeness (QED) is 0.934. The molecule has 21 heavy (non-hydrogen) atoms. The van der Waals surface area contributed by atoms with Crippen LogP contribution in [-0.4, -0.2) is 12.6 Å². The average molecular weight is 285 g/mol. The van der Waals surface area contributed by atoms with Crippen LogP contribution in [0.4, 0.5) is 4.39 Å². The summed E-state index contributed by atoms with van der Waals surface area (Å²) in [7, 11) is 0. The first-order valence-electron chi connectivity index (χ1n) is 7.42. The number of hydrogen-bond donors (Lipinski definition) is 1. The van der Waals surface area contributed by atoms with Crippen LogP contribution in [0.3, 0.4) is 0 Å². The second-order valence-electron chi connectivity index (χ2n) is 5.64. The predicted octanol–water partition coefficient (Wildman–Crippen LogP) is 3.40. The molecule has 3 rings (SSSR count). The highest BCUT2D eigenvalue weighted by Crippen LogP contribution is 2.30. The first-order valence-corrected chi connectivity index (χ1v) is 7.42. The largest absolute Gasteiger partial charge is 0.373 e. The topological polar surface area (TPSA) is 35.2 Å². The van der Waals surface area contributed by atoms with Crippen molar-refractivity contribution in [3.63, 3.8) is 0 Å². The van der Waals surface area contributed by atoms with Gasteiger partial charge in [0.25, 0.3) is 0 Å². The fourth-order valence-corrected chi connectivity index (χ4v) is 3.00. The van der Waals surface area contributed by atoms with Crippen LogP contribution in [0, 0.1) is 5.82 Å². The zero-order chi connectivity index (χ0) is 14.7. The van der Waals surface area contributed by atoms with Gasteiger partial charge in [-0.3, -0.25) is 0 Å². The highest BCUT2D eigenvalue weighted by atomic mass is 19.1. The van der Waals surface area contributed by atoms with E-state index in [1.54, 1.807) is 12.1 Å². The summed E-state index contributed by atoms with van der Waals surface area (Å²) in [6, 6.07) is 15.0. The van der Waals surface area contributed by atoms with Gasteiger partial charge in [0.05, 0.1) is 12.7 Å². The minimum Gasteiger partial charge on any atom is -0.373 e. The molecular weight excluding hydrogens is 265 g/mol. The van der Waals surface area contributed by atoms with Gasteiger partial charge in [-0.15, -0.1) is 0 Å². The van der Waals surface area contributed by atoms with Crippen LogP contribution in [0.25, 0.3) is 0 Å². The fraction of sp³-hybridized carbons (Fsp3) is 0.333. The third-order valence-electron chi connectivity index (χ3n) is 4.00. The molecule has 2 atom stereocenters. The van der Waals surface area contributed by atoms with Gasteiger partial charge in [-0.2, -0.15) is 0 Å². The number of hydrogen-bond acceptors (Lipinski definition) is 2. The number of benzene rings is 2. The maximum absolute atomic E-state index is 13.2. The van der Waals surface area contributed by atoms with Crippen molar-refractivity contribution in [3.8, 4) is 0 Å². The normalized spacial score (nSPS) is 19.0. The van der Waals surface area contributed by atoms with Crippen LogP contribution in [0.2, 0.25) is 0 Å². The van der Waals surface area contributed by atoms with Crippen molar-refractivity contribution in [3.05, 3.63) is 71.0 Å². The lowest BCUT2D eigenvalue weighted by Crippen LogP contribution is -2.28. The Balaban J connectivity index is 1.67. The number of fused-ring (bicyclic) bond motifs is 1. The van der Waals surface area contributed by atoms with Gasteiger partial charge < -0.3 is 10.5 Å². The molecule has 0 bridgehead atoms. The second kappa shape index (κ2) is 6.37. The van der Waals surface area contributed by atoms with Crippen molar-refractivity contribution < 1.29 is 9.13 Å². The van der Waals surface area contributed by atoms with Gasteiger partial charge in [0.15, 0.2) is 0 Å². The molecule has 2 aromatic carbocycles. The molecule has 2 N–H and O–H groups in total. The van der Waals surface area contributed by atoms with Crippen molar-refractivity contribution in [2.45, 2.75) is 31.4 Å². The maximum atomic E-state index is 13.2. The molecule has 2 unspecified atom stereocenters. The zero-order valence-corrected chi connectivity index (χ0v) is 12.0. The standard InChI is InChI=1S/C18H20FNO/c19-15-6-3-4-13(10-15)11-16(20)12-18-17-7-2-1-5-14(17)8-9-21-18/h1-7,10,16,18H,8-9,11-12,20H2. The van der Waals surface area contributed by atoms with Crippen molar-refractivity contribution in [2.24, 2.45) is 5.73 Å². The Bertz CT molecular complexity index is 614. The van der Waals surface area contributed by atoms with Gasteiger partial charge in [0, 0.05) is 6.04 Å².